The van der Waals surface area contributed by atoms with Crippen molar-refractivity contribution in [2.24, 2.45) is 10.8 Å². The van der Waals surface area contributed by atoms with Crippen LogP contribution >= 0.6 is 0 Å². The molecule has 0 heterocycles. The molecule has 2 saturated carbocycles. The number of nitrogens with zero attached hydrogens (tertiary/aromatic N) is 1. The summed E-state index contributed by atoms with van der Waals surface area (Å²) in [7, 11) is 0. The summed E-state index contributed by atoms with van der Waals surface area (Å²) < 4.78 is 0. The fourth-order valence-corrected chi connectivity index (χ4v) is 1.67. The van der Waals surface area contributed by atoms with Gasteiger partial charge >= 0.3 is 0 Å². The van der Waals surface area contributed by atoms with Crippen LogP contribution in [-0.2, 0) is 0 Å². The molecule has 2 rings (SSSR count). The van der Waals surface area contributed by atoms with Gasteiger partial charge in [-0.3, -0.25) is 0 Å². The molecule has 0 saturated heterocycles. The highest BCUT2D eigenvalue weighted by molar-refractivity contribution is 5.28. The first-order valence-corrected chi connectivity index (χ1v) is 3.14. The third-order valence-electron chi connectivity index (χ3n) is 2.84. The molecule has 2 aliphatic carbocycles. The molecule has 0 aromatic carbocycles. The molecule has 1 heteroatoms. The minimum absolute atomic E-state index is 0.104. The minimum Gasteiger partial charge on any atom is -0.198 e. The lowest BCUT2D eigenvalue weighted by molar-refractivity contribution is 0.639. The van der Waals surface area contributed by atoms with Crippen molar-refractivity contribution < 1.29 is 0 Å². The van der Waals surface area contributed by atoms with Crippen LogP contribution in [0.3, 0.4) is 0 Å². The van der Waals surface area contributed by atoms with E-state index in [2.05, 4.69) is 13.0 Å². The average Bonchev–Trinajstić information content (AvgIpc) is 2.57. The van der Waals surface area contributed by atoms with Gasteiger partial charge in [0.05, 0.1) is 11.5 Å². The van der Waals surface area contributed by atoms with E-state index in [-0.39, 0.29) is 5.41 Å². The Morgan fingerprint density at radius 3 is 2.25 bits per heavy atom. The van der Waals surface area contributed by atoms with E-state index in [1.807, 2.05) is 0 Å². The van der Waals surface area contributed by atoms with E-state index >= 15 is 0 Å². The summed E-state index contributed by atoms with van der Waals surface area (Å²) in [5.74, 6) is 0. The minimum atomic E-state index is 0.104. The van der Waals surface area contributed by atoms with E-state index < -0.39 is 0 Å². The zero-order chi connectivity index (χ0) is 5.83. The summed E-state index contributed by atoms with van der Waals surface area (Å²) in [4.78, 5) is 0. The predicted octanol–water partition coefficient (Wildman–Crippen LogP) is 1.70. The molecular weight excluding hydrogens is 98.1 g/mol. The van der Waals surface area contributed by atoms with Crippen LogP contribution in [0.4, 0.5) is 0 Å². The molecule has 0 aromatic heterocycles. The molecule has 2 fully saturated rings. The monoisotopic (exact) mass is 107 g/mol. The topological polar surface area (TPSA) is 23.8 Å². The molecule has 1 spiro atoms. The van der Waals surface area contributed by atoms with Gasteiger partial charge in [0.1, 0.15) is 0 Å². The van der Waals surface area contributed by atoms with Crippen molar-refractivity contribution in [1.82, 2.24) is 0 Å². The SMILES string of the molecule is C[C@]1(C#N)CC12CC2. The molecular formula is C7H9N. The lowest BCUT2D eigenvalue weighted by Crippen LogP contribution is -1.90. The Kier molecular flexibility index (Phi) is 0.446. The molecule has 1 atom stereocenters. The number of hydrogen-bond donors (Lipinski definition) is 0. The first-order valence-electron chi connectivity index (χ1n) is 3.14. The normalized spacial score (nSPS) is 46.0. The average molecular weight is 107 g/mol. The highest BCUT2D eigenvalue weighted by Gasteiger charge is 2.71. The number of hydrogen-bond acceptors (Lipinski definition) is 1. The summed E-state index contributed by atoms with van der Waals surface area (Å²) in [5, 5.41) is 8.59. The van der Waals surface area contributed by atoms with Crippen molar-refractivity contribution in [1.29, 1.82) is 5.26 Å². The maximum absolute atomic E-state index is 8.59. The second-order valence-electron chi connectivity index (χ2n) is 3.40. The Bertz CT molecular complexity index is 173. The van der Waals surface area contributed by atoms with Crippen molar-refractivity contribution in [2.75, 3.05) is 0 Å². The molecule has 8 heavy (non-hydrogen) atoms. The van der Waals surface area contributed by atoms with E-state index in [1.165, 1.54) is 19.3 Å². The van der Waals surface area contributed by atoms with Gasteiger partial charge < -0.3 is 0 Å². The largest absolute Gasteiger partial charge is 0.198 e. The van der Waals surface area contributed by atoms with Crippen LogP contribution in [-0.4, -0.2) is 0 Å². The highest BCUT2D eigenvalue weighted by atomic mass is 14.7. The van der Waals surface area contributed by atoms with Crippen LogP contribution in [0, 0.1) is 22.2 Å². The molecule has 42 valence electrons. The van der Waals surface area contributed by atoms with Crippen LogP contribution in [0.25, 0.3) is 0 Å². The van der Waals surface area contributed by atoms with Gasteiger partial charge in [0, 0.05) is 0 Å². The van der Waals surface area contributed by atoms with Crippen LogP contribution in [0.5, 0.6) is 0 Å². The smallest absolute Gasteiger partial charge is 0.0692 e. The maximum Gasteiger partial charge on any atom is 0.0692 e. The van der Waals surface area contributed by atoms with E-state index in [9.17, 15) is 0 Å². The van der Waals surface area contributed by atoms with Crippen molar-refractivity contribution in [3.05, 3.63) is 0 Å². The number of nitriles is 1. The second-order valence-corrected chi connectivity index (χ2v) is 3.40. The second kappa shape index (κ2) is 0.815. The third kappa shape index (κ3) is 0.264. The fourth-order valence-electron chi connectivity index (χ4n) is 1.67. The predicted molar refractivity (Wildman–Crippen MR) is 30.0 cm³/mol. The van der Waals surface area contributed by atoms with E-state index in [1.54, 1.807) is 0 Å². The summed E-state index contributed by atoms with van der Waals surface area (Å²) in [6.07, 6.45) is 3.81. The molecule has 0 aliphatic heterocycles. The Balaban J connectivity index is 2.25. The van der Waals surface area contributed by atoms with E-state index in [0.717, 1.165) is 0 Å². The number of rotatable bonds is 0. The van der Waals surface area contributed by atoms with Crippen molar-refractivity contribution in [3.63, 3.8) is 0 Å². The molecule has 0 amide bonds. The first-order chi connectivity index (χ1) is 3.72. The Labute approximate surface area is 49.3 Å². The quantitative estimate of drug-likeness (QED) is 0.462. The molecule has 0 radical (unpaired) electrons. The molecule has 0 aromatic rings. The van der Waals surface area contributed by atoms with Gasteiger partial charge in [0.2, 0.25) is 0 Å². The molecule has 2 aliphatic rings. The van der Waals surface area contributed by atoms with Gasteiger partial charge in [-0.1, -0.05) is 0 Å². The zero-order valence-corrected chi connectivity index (χ0v) is 5.07. The fraction of sp³-hybridized carbons (Fsp3) is 0.857. The van der Waals surface area contributed by atoms with Crippen molar-refractivity contribution in [2.45, 2.75) is 26.2 Å². The van der Waals surface area contributed by atoms with E-state index in [0.29, 0.717) is 5.41 Å². The van der Waals surface area contributed by atoms with E-state index in [4.69, 9.17) is 5.26 Å². The molecule has 0 bridgehead atoms. The standard InChI is InChI=1S/C7H9N/c1-6(5-8)4-7(6)2-3-7/h2-4H2,1H3/t6-/m1/s1. The third-order valence-corrected chi connectivity index (χ3v) is 2.84. The van der Waals surface area contributed by atoms with Crippen LogP contribution in [0.1, 0.15) is 26.2 Å². The zero-order valence-electron chi connectivity index (χ0n) is 5.07. The molecule has 0 N–H and O–H groups in total. The van der Waals surface area contributed by atoms with Crippen LogP contribution in [0.15, 0.2) is 0 Å². The van der Waals surface area contributed by atoms with Gasteiger partial charge in [-0.05, 0) is 31.6 Å². The van der Waals surface area contributed by atoms with Gasteiger partial charge in [0.15, 0.2) is 0 Å². The van der Waals surface area contributed by atoms with Crippen LogP contribution in [0.2, 0.25) is 0 Å². The Hall–Kier alpha value is -0.510. The summed E-state index contributed by atoms with van der Waals surface area (Å²) >= 11 is 0. The molecule has 1 nitrogen and oxygen atoms in total. The maximum atomic E-state index is 8.59. The van der Waals surface area contributed by atoms with Gasteiger partial charge in [-0.25, -0.2) is 0 Å². The Morgan fingerprint density at radius 2 is 2.12 bits per heavy atom. The highest BCUT2D eigenvalue weighted by Crippen LogP contribution is 2.78. The first kappa shape index (κ1) is 4.38. The summed E-state index contributed by atoms with van der Waals surface area (Å²) in [5.41, 5.74) is 0.648. The Morgan fingerprint density at radius 1 is 1.50 bits per heavy atom. The van der Waals surface area contributed by atoms with Gasteiger partial charge in [-0.2, -0.15) is 5.26 Å². The lowest BCUT2D eigenvalue weighted by Gasteiger charge is -1.90. The van der Waals surface area contributed by atoms with Crippen molar-refractivity contribution in [3.8, 4) is 6.07 Å². The summed E-state index contributed by atoms with van der Waals surface area (Å²) in [6.45, 7) is 2.08. The van der Waals surface area contributed by atoms with Crippen LogP contribution < -0.4 is 0 Å². The molecule has 0 unspecified atom stereocenters. The van der Waals surface area contributed by atoms with Crippen molar-refractivity contribution >= 4 is 0 Å². The summed E-state index contributed by atoms with van der Waals surface area (Å²) in [6, 6.07) is 2.37. The van der Waals surface area contributed by atoms with Gasteiger partial charge in [-0.15, -0.1) is 0 Å². The van der Waals surface area contributed by atoms with Gasteiger partial charge in [0.25, 0.3) is 0 Å². The lowest BCUT2D eigenvalue weighted by atomic mass is 10.1.